The number of pyridine rings is 1. The molecule has 0 amide bonds. The van der Waals surface area contributed by atoms with E-state index in [-0.39, 0.29) is 23.2 Å². The molecule has 0 atom stereocenters. The van der Waals surface area contributed by atoms with Crippen molar-refractivity contribution in [3.05, 3.63) is 58.6 Å². The van der Waals surface area contributed by atoms with Crippen molar-refractivity contribution in [2.24, 2.45) is 0 Å². The predicted molar refractivity (Wildman–Crippen MR) is 94.0 cm³/mol. The first-order valence-electron chi connectivity index (χ1n) is 7.90. The van der Waals surface area contributed by atoms with Gasteiger partial charge in [-0.3, -0.25) is 4.79 Å². The summed E-state index contributed by atoms with van der Waals surface area (Å²) in [7, 11) is 1.30. The van der Waals surface area contributed by atoms with Crippen molar-refractivity contribution in [1.29, 1.82) is 0 Å². The van der Waals surface area contributed by atoms with E-state index in [1.165, 1.54) is 7.11 Å². The van der Waals surface area contributed by atoms with E-state index in [0.29, 0.717) is 16.7 Å². The van der Waals surface area contributed by atoms with Gasteiger partial charge >= 0.3 is 5.97 Å². The Labute approximate surface area is 155 Å². The number of carbonyl (C=O) groups excluding carboxylic acids is 1. The summed E-state index contributed by atoms with van der Waals surface area (Å²) in [6.07, 6.45) is 3.59. The second-order valence-corrected chi connectivity index (χ2v) is 6.93. The highest BCUT2D eigenvalue weighted by molar-refractivity contribution is 7.18. The molecule has 1 aromatic carbocycles. The topological polar surface area (TPSA) is 57.0 Å². The number of rotatable bonds is 4. The van der Waals surface area contributed by atoms with Crippen LogP contribution in [0.4, 0.5) is 13.2 Å². The minimum absolute atomic E-state index is 0.0156. The quantitative estimate of drug-likeness (QED) is 0.392. The Morgan fingerprint density at radius 1 is 1.30 bits per heavy atom. The van der Waals surface area contributed by atoms with Gasteiger partial charge in [0.25, 0.3) is 0 Å². The first-order valence-corrected chi connectivity index (χ1v) is 8.72. The molecule has 3 aromatic heterocycles. The number of aromatic nitrogens is 3. The molecule has 0 radical (unpaired) electrons. The van der Waals surface area contributed by atoms with Gasteiger partial charge < -0.3 is 9.30 Å². The highest BCUT2D eigenvalue weighted by atomic mass is 32.1. The van der Waals surface area contributed by atoms with Gasteiger partial charge in [-0.2, -0.15) is 0 Å². The standard InChI is InChI=1S/C18H12F3N3O2S/c1-26-14(25)8-24-7-9(10-3-2-4-22-18(10)24)5-13-23-16-15(21)11(19)6-12(20)17(16)27-13/h2-4,6-7H,5,8H2,1H3. The molecule has 0 aliphatic carbocycles. The van der Waals surface area contributed by atoms with Crippen molar-refractivity contribution in [2.75, 3.05) is 7.11 Å². The van der Waals surface area contributed by atoms with Crippen LogP contribution in [-0.2, 0) is 22.5 Å². The maximum Gasteiger partial charge on any atom is 0.325 e. The minimum Gasteiger partial charge on any atom is -0.468 e. The summed E-state index contributed by atoms with van der Waals surface area (Å²) in [6, 6.07) is 4.10. The van der Waals surface area contributed by atoms with Crippen LogP contribution in [0.1, 0.15) is 10.6 Å². The summed E-state index contributed by atoms with van der Waals surface area (Å²) < 4.78 is 47.5. The Morgan fingerprint density at radius 2 is 2.11 bits per heavy atom. The summed E-state index contributed by atoms with van der Waals surface area (Å²) in [6.45, 7) is -0.0156. The molecule has 0 aliphatic rings. The van der Waals surface area contributed by atoms with E-state index in [1.54, 1.807) is 23.0 Å². The third-order valence-corrected chi connectivity index (χ3v) is 5.21. The number of ether oxygens (including phenoxy) is 1. The zero-order valence-electron chi connectivity index (χ0n) is 14.0. The average Bonchev–Trinajstić information content (AvgIpc) is 3.23. The van der Waals surface area contributed by atoms with E-state index in [9.17, 15) is 18.0 Å². The molecule has 0 N–H and O–H groups in total. The molecule has 4 rings (SSSR count). The van der Waals surface area contributed by atoms with Gasteiger partial charge in [0.2, 0.25) is 0 Å². The Morgan fingerprint density at radius 3 is 2.89 bits per heavy atom. The number of carbonyl (C=O) groups is 1. The van der Waals surface area contributed by atoms with E-state index in [0.717, 1.165) is 22.3 Å². The zero-order chi connectivity index (χ0) is 19.1. The molecule has 138 valence electrons. The lowest BCUT2D eigenvalue weighted by atomic mass is 10.2. The number of hydrogen-bond donors (Lipinski definition) is 0. The van der Waals surface area contributed by atoms with Gasteiger partial charge in [-0.25, -0.2) is 23.1 Å². The maximum atomic E-state index is 13.9. The molecule has 0 spiro atoms. The summed E-state index contributed by atoms with van der Waals surface area (Å²) in [5, 5.41) is 1.21. The second-order valence-electron chi connectivity index (χ2n) is 5.85. The Balaban J connectivity index is 1.78. The molecule has 0 saturated heterocycles. The van der Waals surface area contributed by atoms with E-state index in [4.69, 9.17) is 4.74 Å². The Hall–Kier alpha value is -2.94. The van der Waals surface area contributed by atoms with Gasteiger partial charge in [0.1, 0.15) is 23.5 Å². The fourth-order valence-corrected chi connectivity index (χ4v) is 3.92. The molecular weight excluding hydrogens is 379 g/mol. The molecule has 0 saturated carbocycles. The number of fused-ring (bicyclic) bond motifs is 2. The molecule has 3 heterocycles. The monoisotopic (exact) mass is 391 g/mol. The Bertz CT molecular complexity index is 1190. The first-order chi connectivity index (χ1) is 13.0. The number of esters is 1. The summed E-state index contributed by atoms with van der Waals surface area (Å²) in [5.41, 5.74) is 1.05. The van der Waals surface area contributed by atoms with Crippen LogP contribution in [0.15, 0.2) is 30.6 Å². The highest BCUT2D eigenvalue weighted by Crippen LogP contribution is 2.31. The summed E-state index contributed by atoms with van der Waals surface area (Å²) in [5.74, 6) is -3.70. The normalized spacial score (nSPS) is 11.4. The smallest absolute Gasteiger partial charge is 0.325 e. The van der Waals surface area contributed by atoms with E-state index >= 15 is 0 Å². The summed E-state index contributed by atoms with van der Waals surface area (Å²) in [4.78, 5) is 20.0. The third kappa shape index (κ3) is 3.03. The second kappa shape index (κ2) is 6.66. The fourth-order valence-electron chi connectivity index (χ4n) is 2.93. The molecule has 0 fully saturated rings. The van der Waals surface area contributed by atoms with Crippen LogP contribution < -0.4 is 0 Å². The number of methoxy groups -OCH3 is 1. The van der Waals surface area contributed by atoms with Crippen molar-refractivity contribution in [2.45, 2.75) is 13.0 Å². The molecular formula is C18H12F3N3O2S. The molecule has 0 unspecified atom stereocenters. The Kier molecular flexibility index (Phi) is 4.31. The third-order valence-electron chi connectivity index (χ3n) is 4.14. The zero-order valence-corrected chi connectivity index (χ0v) is 14.8. The van der Waals surface area contributed by atoms with Gasteiger partial charge in [-0.1, -0.05) is 0 Å². The van der Waals surface area contributed by atoms with Crippen molar-refractivity contribution in [1.82, 2.24) is 14.5 Å². The number of nitrogens with zero attached hydrogens (tertiary/aromatic N) is 3. The molecule has 9 heteroatoms. The highest BCUT2D eigenvalue weighted by Gasteiger charge is 2.19. The van der Waals surface area contributed by atoms with E-state index in [2.05, 4.69) is 9.97 Å². The van der Waals surface area contributed by atoms with Crippen LogP contribution in [0.25, 0.3) is 21.3 Å². The lowest BCUT2D eigenvalue weighted by Crippen LogP contribution is -2.10. The molecule has 0 bridgehead atoms. The van der Waals surface area contributed by atoms with Gasteiger partial charge in [-0.05, 0) is 17.7 Å². The van der Waals surface area contributed by atoms with Gasteiger partial charge in [0.15, 0.2) is 11.6 Å². The van der Waals surface area contributed by atoms with Crippen molar-refractivity contribution in [3.63, 3.8) is 0 Å². The maximum absolute atomic E-state index is 13.9. The van der Waals surface area contributed by atoms with Crippen molar-refractivity contribution < 1.29 is 22.7 Å². The van der Waals surface area contributed by atoms with Gasteiger partial charge in [-0.15, -0.1) is 11.3 Å². The minimum atomic E-state index is -1.27. The van der Waals surface area contributed by atoms with Crippen LogP contribution in [-0.4, -0.2) is 27.6 Å². The van der Waals surface area contributed by atoms with Crippen molar-refractivity contribution >= 4 is 38.6 Å². The van der Waals surface area contributed by atoms with Gasteiger partial charge in [0.05, 0.1) is 16.8 Å². The van der Waals surface area contributed by atoms with Crippen LogP contribution in [0.2, 0.25) is 0 Å². The molecule has 0 aliphatic heterocycles. The molecule has 4 aromatic rings. The lowest BCUT2D eigenvalue weighted by Gasteiger charge is -2.01. The number of hydrogen-bond acceptors (Lipinski definition) is 5. The average molecular weight is 391 g/mol. The van der Waals surface area contributed by atoms with Crippen molar-refractivity contribution in [3.8, 4) is 0 Å². The molecule has 5 nitrogen and oxygen atoms in total. The summed E-state index contributed by atoms with van der Waals surface area (Å²) >= 11 is 0.964. The predicted octanol–water partition coefficient (Wildman–Crippen LogP) is 3.83. The van der Waals surface area contributed by atoms with Crippen LogP contribution >= 0.6 is 11.3 Å². The molecule has 27 heavy (non-hydrogen) atoms. The van der Waals surface area contributed by atoms with E-state index in [1.807, 2.05) is 6.07 Å². The van der Waals surface area contributed by atoms with E-state index < -0.39 is 23.4 Å². The lowest BCUT2D eigenvalue weighted by molar-refractivity contribution is -0.141. The number of halogens is 3. The van der Waals surface area contributed by atoms with Crippen LogP contribution in [0.5, 0.6) is 0 Å². The van der Waals surface area contributed by atoms with Crippen LogP contribution in [0.3, 0.4) is 0 Å². The first kappa shape index (κ1) is 17.5. The largest absolute Gasteiger partial charge is 0.468 e. The van der Waals surface area contributed by atoms with Crippen LogP contribution in [0, 0.1) is 17.5 Å². The van der Waals surface area contributed by atoms with Gasteiger partial charge in [0, 0.05) is 30.3 Å². The number of benzene rings is 1. The fraction of sp³-hybridized carbons (Fsp3) is 0.167. The number of thiazole rings is 1. The SMILES string of the molecule is COC(=O)Cn1cc(Cc2nc3c(F)c(F)cc(F)c3s2)c2cccnc21.